The fraction of sp³-hybridized carbons (Fsp3) is 0.0417. The molecule has 0 spiro atoms. The van der Waals surface area contributed by atoms with E-state index in [1.165, 1.54) is 18.5 Å². The summed E-state index contributed by atoms with van der Waals surface area (Å²) in [6, 6.07) is 13.8. The van der Waals surface area contributed by atoms with Gasteiger partial charge in [-0.15, -0.1) is 0 Å². The molecule has 3 heterocycles. The molecule has 0 bridgehead atoms. The molecule has 3 N–H and O–H groups in total. The van der Waals surface area contributed by atoms with Crippen LogP contribution in [0.4, 0.5) is 10.1 Å². The van der Waals surface area contributed by atoms with Crippen molar-refractivity contribution in [1.29, 1.82) is 0 Å². The smallest absolute Gasteiger partial charge is 0.213 e. The molecule has 0 unspecified atom stereocenters. The van der Waals surface area contributed by atoms with E-state index in [0.717, 1.165) is 16.5 Å². The van der Waals surface area contributed by atoms with Crippen LogP contribution in [0.3, 0.4) is 0 Å². The Kier molecular flexibility index (Phi) is 5.69. The number of nitrogens with zero attached hydrogens (tertiary/aromatic N) is 4. The molecule has 34 heavy (non-hydrogen) atoms. The Morgan fingerprint density at radius 2 is 1.85 bits per heavy atom. The molecule has 2 aromatic heterocycles. The van der Waals surface area contributed by atoms with Crippen molar-refractivity contribution in [2.24, 2.45) is 10.7 Å². The molecule has 1 aliphatic heterocycles. The highest BCUT2D eigenvalue weighted by atomic mass is 35.5. The summed E-state index contributed by atoms with van der Waals surface area (Å²) in [4.78, 5) is 12.3. The van der Waals surface area contributed by atoms with Gasteiger partial charge in [0.05, 0.1) is 33.1 Å². The second-order valence-corrected chi connectivity index (χ2v) is 8.36. The van der Waals surface area contributed by atoms with Crippen molar-refractivity contribution < 1.29 is 9.13 Å². The normalized spacial score (nSPS) is 13.1. The molecule has 1 aliphatic rings. The van der Waals surface area contributed by atoms with Gasteiger partial charge in [0.15, 0.2) is 5.75 Å². The minimum atomic E-state index is -0.552. The molecule has 0 fully saturated rings. The average Bonchev–Trinajstić information content (AvgIpc) is 2.81. The van der Waals surface area contributed by atoms with Gasteiger partial charge in [0.2, 0.25) is 5.95 Å². The second-order valence-electron chi connectivity index (χ2n) is 7.54. The van der Waals surface area contributed by atoms with Crippen LogP contribution < -0.4 is 20.9 Å². The summed E-state index contributed by atoms with van der Waals surface area (Å²) in [5.41, 5.74) is 12.3. The maximum atomic E-state index is 13.5. The van der Waals surface area contributed by atoms with Crippen molar-refractivity contribution in [1.82, 2.24) is 15.4 Å². The molecule has 0 amide bonds. The Hall–Kier alpha value is -3.88. The zero-order chi connectivity index (χ0) is 23.8. The van der Waals surface area contributed by atoms with Crippen molar-refractivity contribution in [3.63, 3.8) is 0 Å². The van der Waals surface area contributed by atoms with Crippen LogP contribution in [0.2, 0.25) is 10.0 Å². The summed E-state index contributed by atoms with van der Waals surface area (Å²) in [7, 11) is 0. The Bertz CT molecular complexity index is 1470. The molecule has 0 atom stereocenters. The van der Waals surface area contributed by atoms with Gasteiger partial charge in [-0.2, -0.15) is 4.39 Å². The van der Waals surface area contributed by atoms with Crippen molar-refractivity contribution in [2.45, 2.75) is 6.92 Å². The topological polar surface area (TPSA) is 88.7 Å². The third-order valence-electron chi connectivity index (χ3n) is 5.14. The highest BCUT2D eigenvalue weighted by molar-refractivity contribution is 6.37. The molecule has 4 aromatic rings. The van der Waals surface area contributed by atoms with Gasteiger partial charge >= 0.3 is 0 Å². The Morgan fingerprint density at radius 3 is 2.59 bits per heavy atom. The van der Waals surface area contributed by atoms with E-state index in [-0.39, 0.29) is 0 Å². The monoisotopic (exact) mass is 494 g/mol. The number of hydrazine groups is 1. The van der Waals surface area contributed by atoms with Gasteiger partial charge < -0.3 is 10.5 Å². The number of aromatic nitrogens is 2. The predicted molar refractivity (Wildman–Crippen MR) is 133 cm³/mol. The molecule has 10 heteroatoms. The molecule has 0 saturated heterocycles. The van der Waals surface area contributed by atoms with Crippen LogP contribution in [0.1, 0.15) is 5.56 Å². The van der Waals surface area contributed by atoms with Crippen LogP contribution >= 0.6 is 23.2 Å². The third kappa shape index (κ3) is 4.33. The Labute approximate surface area is 204 Å². The maximum absolute atomic E-state index is 13.5. The number of hydrogen-bond donors (Lipinski definition) is 2. The number of pyridine rings is 2. The van der Waals surface area contributed by atoms with Crippen LogP contribution in [0, 0.1) is 12.9 Å². The number of aryl methyl sites for hydroxylation is 1. The summed E-state index contributed by atoms with van der Waals surface area (Å²) in [6.45, 7) is 1.96. The molecule has 170 valence electrons. The van der Waals surface area contributed by atoms with Crippen molar-refractivity contribution in [2.75, 3.05) is 5.01 Å². The number of hydrogen-bond acceptors (Lipinski definition) is 7. The zero-order valence-electron chi connectivity index (χ0n) is 17.8. The molecule has 7 nitrogen and oxygen atoms in total. The summed E-state index contributed by atoms with van der Waals surface area (Å²) in [6.07, 6.45) is 4.46. The lowest BCUT2D eigenvalue weighted by atomic mass is 10.1. The number of aliphatic imine (C=N–C) groups is 1. The molecule has 0 radical (unpaired) electrons. The van der Waals surface area contributed by atoms with Gasteiger partial charge in [-0.25, -0.2) is 20.0 Å². The van der Waals surface area contributed by atoms with E-state index < -0.39 is 5.95 Å². The van der Waals surface area contributed by atoms with Gasteiger partial charge in [0, 0.05) is 23.2 Å². The SMILES string of the molecule is Cc1cc(-c2ccnc(F)c2)nc2ccc(Oc3c(Cl)cc(N4C=NC=C(N)N4)cc3Cl)cc12. The summed E-state index contributed by atoms with van der Waals surface area (Å²) in [5.74, 6) is 0.691. The van der Waals surface area contributed by atoms with E-state index in [4.69, 9.17) is 33.7 Å². The van der Waals surface area contributed by atoms with E-state index in [1.807, 2.05) is 25.1 Å². The number of nitrogens with two attached hydrogens (primary N) is 1. The highest BCUT2D eigenvalue weighted by Gasteiger charge is 2.16. The fourth-order valence-electron chi connectivity index (χ4n) is 3.56. The average molecular weight is 495 g/mol. The lowest BCUT2D eigenvalue weighted by molar-refractivity contribution is 0.484. The van der Waals surface area contributed by atoms with Crippen LogP contribution in [-0.4, -0.2) is 16.3 Å². The fourth-order valence-corrected chi connectivity index (χ4v) is 4.11. The first-order valence-electron chi connectivity index (χ1n) is 10.1. The first-order chi connectivity index (χ1) is 16.4. The molecule has 2 aromatic carbocycles. The first kappa shape index (κ1) is 21.9. The Balaban J connectivity index is 1.45. The zero-order valence-corrected chi connectivity index (χ0v) is 19.3. The minimum Gasteiger partial charge on any atom is -0.454 e. The van der Waals surface area contributed by atoms with E-state index in [9.17, 15) is 4.39 Å². The van der Waals surface area contributed by atoms with Crippen LogP contribution in [-0.2, 0) is 0 Å². The number of nitrogens with one attached hydrogen (secondary N) is 1. The largest absolute Gasteiger partial charge is 0.454 e. The third-order valence-corrected chi connectivity index (χ3v) is 5.70. The van der Waals surface area contributed by atoms with E-state index in [1.54, 1.807) is 35.6 Å². The standard InChI is InChI=1S/C24H17Cl2FN6O/c1-13-6-21(14-4-5-30-22(27)7-14)31-20-3-2-16(10-17(13)20)34-24-18(25)8-15(9-19(24)26)33-12-29-11-23(28)32-33/h2-12,32H,28H2,1H3. The minimum absolute atomic E-state index is 0.316. The Morgan fingerprint density at radius 1 is 1.06 bits per heavy atom. The van der Waals surface area contributed by atoms with Crippen molar-refractivity contribution in [3.05, 3.63) is 88.3 Å². The number of rotatable bonds is 4. The first-order valence-corrected chi connectivity index (χ1v) is 10.9. The predicted octanol–water partition coefficient (Wildman–Crippen LogP) is 5.95. The molecule has 5 rings (SSSR count). The summed E-state index contributed by atoms with van der Waals surface area (Å²) in [5, 5.41) is 3.11. The van der Waals surface area contributed by atoms with Crippen LogP contribution in [0.25, 0.3) is 22.2 Å². The van der Waals surface area contributed by atoms with Crippen LogP contribution in [0.15, 0.2) is 71.7 Å². The van der Waals surface area contributed by atoms with Gasteiger partial charge in [0.1, 0.15) is 17.9 Å². The number of anilines is 1. The van der Waals surface area contributed by atoms with Crippen LogP contribution in [0.5, 0.6) is 11.5 Å². The molecule has 0 aliphatic carbocycles. The van der Waals surface area contributed by atoms with Crippen molar-refractivity contribution >= 4 is 46.1 Å². The van der Waals surface area contributed by atoms with Gasteiger partial charge in [0.25, 0.3) is 0 Å². The quantitative estimate of drug-likeness (QED) is 0.340. The van der Waals surface area contributed by atoms with Crippen molar-refractivity contribution in [3.8, 4) is 22.8 Å². The van der Waals surface area contributed by atoms with Gasteiger partial charge in [-0.3, -0.25) is 5.43 Å². The number of fused-ring (bicyclic) bond motifs is 1. The number of ether oxygens (including phenoxy) is 1. The van der Waals surface area contributed by atoms with E-state index >= 15 is 0 Å². The number of halogens is 3. The summed E-state index contributed by atoms with van der Waals surface area (Å²) < 4.78 is 19.6. The van der Waals surface area contributed by atoms with E-state index in [2.05, 4.69) is 20.4 Å². The van der Waals surface area contributed by atoms with E-state index in [0.29, 0.717) is 44.3 Å². The molecular weight excluding hydrogens is 478 g/mol. The maximum Gasteiger partial charge on any atom is 0.213 e. The summed E-state index contributed by atoms with van der Waals surface area (Å²) >= 11 is 13.0. The van der Waals surface area contributed by atoms with Gasteiger partial charge in [-0.1, -0.05) is 23.2 Å². The lowest BCUT2D eigenvalue weighted by Crippen LogP contribution is -2.40. The second kappa shape index (κ2) is 8.81. The lowest BCUT2D eigenvalue weighted by Gasteiger charge is -2.24. The van der Waals surface area contributed by atoms with Gasteiger partial charge in [-0.05, 0) is 55.0 Å². The molecular formula is C24H17Cl2FN6O. The number of benzene rings is 2. The highest BCUT2D eigenvalue weighted by Crippen LogP contribution is 2.40. The molecule has 0 saturated carbocycles.